The molecule has 0 atom stereocenters. The predicted molar refractivity (Wildman–Crippen MR) is 137 cm³/mol. The molecule has 7 heteroatoms. The largest absolute Gasteiger partial charge is 0.497 e. The highest BCUT2D eigenvalue weighted by Gasteiger charge is 2.20. The number of hydrogen-bond acceptors (Lipinski definition) is 4. The molecule has 34 heavy (non-hydrogen) atoms. The number of methoxy groups -OCH3 is 1. The van der Waals surface area contributed by atoms with Crippen LogP contribution in [-0.4, -0.2) is 43.6 Å². The van der Waals surface area contributed by atoms with Crippen molar-refractivity contribution in [2.75, 3.05) is 26.7 Å². The second-order valence-electron chi connectivity index (χ2n) is 8.74. The van der Waals surface area contributed by atoms with E-state index < -0.39 is 0 Å². The Labute approximate surface area is 201 Å². The highest BCUT2D eigenvalue weighted by atomic mass is 16.5. The average Bonchev–Trinajstić information content (AvgIpc) is 2.87. The van der Waals surface area contributed by atoms with Crippen molar-refractivity contribution in [2.45, 2.75) is 25.9 Å². The highest BCUT2D eigenvalue weighted by molar-refractivity contribution is 5.95. The van der Waals surface area contributed by atoms with Crippen molar-refractivity contribution in [2.24, 2.45) is 16.6 Å². The van der Waals surface area contributed by atoms with E-state index in [9.17, 15) is 4.79 Å². The van der Waals surface area contributed by atoms with Gasteiger partial charge in [0.2, 0.25) is 0 Å². The van der Waals surface area contributed by atoms with E-state index in [4.69, 9.17) is 10.5 Å². The summed E-state index contributed by atoms with van der Waals surface area (Å²) in [5.41, 5.74) is 8.31. The maximum absolute atomic E-state index is 12.3. The number of carbonyl (C=O) groups is 1. The van der Waals surface area contributed by atoms with E-state index in [1.165, 1.54) is 5.56 Å². The summed E-state index contributed by atoms with van der Waals surface area (Å²) >= 11 is 0. The van der Waals surface area contributed by atoms with E-state index in [0.29, 0.717) is 19.0 Å². The third-order valence-electron chi connectivity index (χ3n) is 6.36. The zero-order valence-corrected chi connectivity index (χ0v) is 19.7. The number of piperidine rings is 1. The van der Waals surface area contributed by atoms with Crippen LogP contribution in [0.2, 0.25) is 0 Å². The number of hydrogen-bond donors (Lipinski definition) is 3. The van der Waals surface area contributed by atoms with E-state index >= 15 is 0 Å². The Balaban J connectivity index is 1.17. The smallest absolute Gasteiger partial charge is 0.321 e. The Morgan fingerprint density at radius 2 is 1.79 bits per heavy atom. The van der Waals surface area contributed by atoms with Crippen molar-refractivity contribution >= 4 is 22.8 Å². The molecule has 0 unspecified atom stereocenters. The number of guanidine groups is 1. The lowest BCUT2D eigenvalue weighted by Gasteiger charge is -2.32. The van der Waals surface area contributed by atoms with Crippen LogP contribution < -0.4 is 21.1 Å². The molecule has 1 saturated heterocycles. The number of carbonyl (C=O) groups excluding carboxylic acids is 1. The summed E-state index contributed by atoms with van der Waals surface area (Å²) in [4.78, 5) is 19.1. The number of ether oxygens (including phenoxy) is 1. The van der Waals surface area contributed by atoms with E-state index in [2.05, 4.69) is 50.9 Å². The zero-order valence-electron chi connectivity index (χ0n) is 19.7. The van der Waals surface area contributed by atoms with Crippen molar-refractivity contribution in [1.82, 2.24) is 15.5 Å². The first kappa shape index (κ1) is 23.6. The first-order chi connectivity index (χ1) is 16.6. The lowest BCUT2D eigenvalue weighted by Crippen LogP contribution is -2.46. The molecule has 2 amide bonds. The minimum atomic E-state index is -0.306. The number of nitrogens with two attached hydrogens (primary N) is 1. The van der Waals surface area contributed by atoms with Crippen LogP contribution >= 0.6 is 0 Å². The SMILES string of the molecule is COc1ccc(CN2CCC(CNC(=O)NC(N)=NCc3cccc4ccccc34)CC2)cc1. The van der Waals surface area contributed by atoms with Crippen LogP contribution in [0.25, 0.3) is 10.8 Å². The Kier molecular flexibility index (Phi) is 7.99. The van der Waals surface area contributed by atoms with E-state index in [-0.39, 0.29) is 12.0 Å². The zero-order chi connectivity index (χ0) is 23.8. The molecule has 1 heterocycles. The van der Waals surface area contributed by atoms with Gasteiger partial charge in [-0.2, -0.15) is 0 Å². The average molecular weight is 460 g/mol. The number of nitrogens with one attached hydrogen (secondary N) is 2. The molecule has 1 aliphatic rings. The highest BCUT2D eigenvalue weighted by Crippen LogP contribution is 2.20. The number of amides is 2. The van der Waals surface area contributed by atoms with Crippen LogP contribution in [0.4, 0.5) is 4.79 Å². The first-order valence-corrected chi connectivity index (χ1v) is 11.8. The second kappa shape index (κ2) is 11.5. The molecule has 0 saturated carbocycles. The normalized spacial score (nSPS) is 15.3. The summed E-state index contributed by atoms with van der Waals surface area (Å²) in [7, 11) is 1.68. The maximum atomic E-state index is 12.3. The van der Waals surface area contributed by atoms with E-state index in [0.717, 1.165) is 54.6 Å². The lowest BCUT2D eigenvalue weighted by atomic mass is 9.96. The summed E-state index contributed by atoms with van der Waals surface area (Å²) < 4.78 is 5.22. The summed E-state index contributed by atoms with van der Waals surface area (Å²) in [6.07, 6.45) is 2.11. The fourth-order valence-electron chi connectivity index (χ4n) is 4.38. The predicted octanol–water partition coefficient (Wildman–Crippen LogP) is 3.87. The molecule has 0 radical (unpaired) electrons. The summed E-state index contributed by atoms with van der Waals surface area (Å²) in [5, 5.41) is 7.90. The van der Waals surface area contributed by atoms with Gasteiger partial charge in [-0.15, -0.1) is 0 Å². The van der Waals surface area contributed by atoms with Gasteiger partial charge in [-0.25, -0.2) is 9.79 Å². The molecule has 3 aromatic carbocycles. The summed E-state index contributed by atoms with van der Waals surface area (Å²) in [5.74, 6) is 1.47. The van der Waals surface area contributed by atoms with Crippen LogP contribution in [0.3, 0.4) is 0 Å². The maximum Gasteiger partial charge on any atom is 0.321 e. The molecule has 1 fully saturated rings. The van der Waals surface area contributed by atoms with Crippen molar-refractivity contribution in [3.05, 3.63) is 77.9 Å². The van der Waals surface area contributed by atoms with Crippen molar-refractivity contribution in [3.8, 4) is 5.75 Å². The summed E-state index contributed by atoms with van der Waals surface area (Å²) in [6, 6.07) is 22.2. The van der Waals surface area contributed by atoms with Crippen LogP contribution in [0.15, 0.2) is 71.7 Å². The number of rotatable bonds is 7. The molecule has 3 aromatic rings. The van der Waals surface area contributed by atoms with Crippen molar-refractivity contribution in [1.29, 1.82) is 0 Å². The van der Waals surface area contributed by atoms with Gasteiger partial charge < -0.3 is 15.8 Å². The third kappa shape index (κ3) is 6.48. The molecule has 4 rings (SSSR count). The fraction of sp³-hybridized carbons (Fsp3) is 0.333. The van der Waals surface area contributed by atoms with Gasteiger partial charge in [0.15, 0.2) is 5.96 Å². The van der Waals surface area contributed by atoms with Gasteiger partial charge in [0.25, 0.3) is 0 Å². The number of likely N-dealkylation sites (tertiary alicyclic amines) is 1. The molecular weight excluding hydrogens is 426 g/mol. The Morgan fingerprint density at radius 3 is 2.56 bits per heavy atom. The van der Waals surface area contributed by atoms with Crippen LogP contribution in [-0.2, 0) is 13.1 Å². The number of aliphatic imine (C=N–C) groups is 1. The van der Waals surface area contributed by atoms with Crippen LogP contribution in [0.1, 0.15) is 24.0 Å². The van der Waals surface area contributed by atoms with Gasteiger partial charge >= 0.3 is 6.03 Å². The summed E-state index contributed by atoms with van der Waals surface area (Å²) in [6.45, 7) is 4.04. The third-order valence-corrected chi connectivity index (χ3v) is 6.36. The van der Waals surface area contributed by atoms with E-state index in [1.807, 2.05) is 36.4 Å². The Morgan fingerprint density at radius 1 is 1.06 bits per heavy atom. The van der Waals surface area contributed by atoms with E-state index in [1.54, 1.807) is 7.11 Å². The van der Waals surface area contributed by atoms with Gasteiger partial charge in [0, 0.05) is 13.1 Å². The Bertz CT molecular complexity index is 1120. The second-order valence-corrected chi connectivity index (χ2v) is 8.74. The quantitative estimate of drug-likeness (QED) is 0.369. The van der Waals surface area contributed by atoms with Gasteiger partial charge in [0.05, 0.1) is 13.7 Å². The van der Waals surface area contributed by atoms with Crippen LogP contribution in [0, 0.1) is 5.92 Å². The Hall–Kier alpha value is -3.58. The first-order valence-electron chi connectivity index (χ1n) is 11.8. The fourth-order valence-corrected chi connectivity index (χ4v) is 4.38. The molecule has 1 aliphatic heterocycles. The molecule has 0 aromatic heterocycles. The minimum Gasteiger partial charge on any atom is -0.497 e. The number of fused-ring (bicyclic) bond motifs is 1. The minimum absolute atomic E-state index is 0.125. The number of urea groups is 1. The molecule has 0 spiro atoms. The lowest BCUT2D eigenvalue weighted by molar-refractivity contribution is 0.175. The molecule has 0 bridgehead atoms. The molecule has 0 aliphatic carbocycles. The van der Waals surface area contributed by atoms with Crippen molar-refractivity contribution in [3.63, 3.8) is 0 Å². The van der Waals surface area contributed by atoms with Gasteiger partial charge in [-0.05, 0) is 65.9 Å². The molecular formula is C27H33N5O2. The molecule has 178 valence electrons. The number of benzene rings is 3. The van der Waals surface area contributed by atoms with Gasteiger partial charge in [-0.3, -0.25) is 10.2 Å². The topological polar surface area (TPSA) is 92.0 Å². The number of nitrogens with zero attached hydrogens (tertiary/aromatic N) is 2. The standard InChI is InChI=1S/C27H33N5O2/c1-34-24-11-9-21(10-12-24)19-32-15-13-20(14-16-32)17-30-27(33)31-26(28)29-18-23-7-4-6-22-5-2-3-8-25(22)23/h2-12,20H,13-19H2,1H3,(H4,28,29,30,31,33). The van der Waals surface area contributed by atoms with Gasteiger partial charge in [0.1, 0.15) is 5.75 Å². The molecule has 4 N–H and O–H groups in total. The van der Waals surface area contributed by atoms with Crippen molar-refractivity contribution < 1.29 is 9.53 Å². The monoisotopic (exact) mass is 459 g/mol. The van der Waals surface area contributed by atoms with Crippen LogP contribution in [0.5, 0.6) is 5.75 Å². The molecule has 7 nitrogen and oxygen atoms in total. The van der Waals surface area contributed by atoms with Gasteiger partial charge in [-0.1, -0.05) is 54.6 Å².